The van der Waals surface area contributed by atoms with E-state index in [1.54, 1.807) is 6.20 Å². The summed E-state index contributed by atoms with van der Waals surface area (Å²) in [6, 6.07) is 3.22. The Morgan fingerprint density at radius 2 is 2.00 bits per heavy atom. The third-order valence-corrected chi connectivity index (χ3v) is 7.81. The second-order valence-corrected chi connectivity index (χ2v) is 10.1. The smallest absolute Gasteiger partial charge is 0.272 e. The monoisotopic (exact) mass is 538 g/mol. The number of aliphatic hydroxyl groups is 1. The minimum absolute atomic E-state index is 0.0835. The van der Waals surface area contributed by atoms with Crippen LogP contribution in [0.3, 0.4) is 0 Å². The first-order valence-electron chi connectivity index (χ1n) is 12.4. The summed E-state index contributed by atoms with van der Waals surface area (Å²) < 4.78 is 48.8. The number of aliphatic hydroxyl groups excluding tert-OH is 1. The van der Waals surface area contributed by atoms with E-state index in [9.17, 15) is 8.78 Å². The van der Waals surface area contributed by atoms with Crippen LogP contribution in [0.5, 0.6) is 0 Å². The van der Waals surface area contributed by atoms with Crippen molar-refractivity contribution in [3.05, 3.63) is 40.8 Å². The molecule has 0 spiro atoms. The van der Waals surface area contributed by atoms with E-state index in [-0.39, 0.29) is 23.4 Å². The van der Waals surface area contributed by atoms with Gasteiger partial charge in [0.1, 0.15) is 12.2 Å². The summed E-state index contributed by atoms with van der Waals surface area (Å²) in [6.07, 6.45) is 3.54. The SMILES string of the molecule is CO.Cc1cc2cnc(Nc3cnn(C4CC4(F)F)c3Cl)nc2cc1C1CCN(C2CCOC2)CC1F. The summed E-state index contributed by atoms with van der Waals surface area (Å²) >= 11 is 6.27. The van der Waals surface area contributed by atoms with Gasteiger partial charge in [-0.2, -0.15) is 5.10 Å². The molecule has 6 rings (SSSR count). The molecule has 1 aliphatic carbocycles. The van der Waals surface area contributed by atoms with Gasteiger partial charge >= 0.3 is 0 Å². The number of ether oxygens (including phenoxy) is 1. The fourth-order valence-electron chi connectivity index (χ4n) is 5.32. The van der Waals surface area contributed by atoms with Gasteiger partial charge in [-0.1, -0.05) is 11.6 Å². The molecule has 4 unspecified atom stereocenters. The molecule has 4 atom stereocenters. The number of aromatic nitrogens is 4. The summed E-state index contributed by atoms with van der Waals surface area (Å²) in [5.41, 5.74) is 3.01. The van der Waals surface area contributed by atoms with Gasteiger partial charge in [-0.25, -0.2) is 27.8 Å². The zero-order valence-electron chi connectivity index (χ0n) is 20.7. The highest BCUT2D eigenvalue weighted by Gasteiger charge is 2.59. The van der Waals surface area contributed by atoms with Crippen molar-refractivity contribution in [2.75, 3.05) is 38.7 Å². The van der Waals surface area contributed by atoms with Crippen molar-refractivity contribution in [1.82, 2.24) is 24.6 Å². The second-order valence-electron chi connectivity index (χ2n) is 9.78. The zero-order chi connectivity index (χ0) is 26.3. The Labute approximate surface area is 217 Å². The number of rotatable bonds is 5. The van der Waals surface area contributed by atoms with E-state index in [2.05, 4.69) is 25.3 Å². The minimum atomic E-state index is -2.78. The van der Waals surface area contributed by atoms with Crippen LogP contribution in [0, 0.1) is 6.92 Å². The van der Waals surface area contributed by atoms with Gasteiger partial charge in [0, 0.05) is 50.2 Å². The highest BCUT2D eigenvalue weighted by molar-refractivity contribution is 6.32. The van der Waals surface area contributed by atoms with E-state index in [1.807, 2.05) is 19.1 Å². The first kappa shape index (κ1) is 26.1. The molecule has 4 heterocycles. The molecule has 200 valence electrons. The van der Waals surface area contributed by atoms with Crippen LogP contribution in [0.1, 0.15) is 42.3 Å². The number of hydrogen-bond acceptors (Lipinski definition) is 7. The van der Waals surface area contributed by atoms with Crippen LogP contribution < -0.4 is 5.32 Å². The molecule has 37 heavy (non-hydrogen) atoms. The predicted octanol–water partition coefficient (Wildman–Crippen LogP) is 4.64. The molecule has 2 aromatic heterocycles. The Bertz CT molecular complexity index is 1270. The normalized spacial score (nSPS) is 27.1. The molecule has 0 radical (unpaired) electrons. The molecule has 1 aromatic carbocycles. The van der Waals surface area contributed by atoms with Crippen LogP contribution >= 0.6 is 11.6 Å². The minimum Gasteiger partial charge on any atom is -0.400 e. The molecule has 3 fully saturated rings. The molecular weight excluding hydrogens is 509 g/mol. The van der Waals surface area contributed by atoms with Crippen LogP contribution in [0.15, 0.2) is 24.5 Å². The number of hydrogen-bond donors (Lipinski definition) is 2. The van der Waals surface area contributed by atoms with Crippen molar-refractivity contribution in [3.8, 4) is 0 Å². The van der Waals surface area contributed by atoms with Crippen molar-refractivity contribution < 1.29 is 23.0 Å². The maximum atomic E-state index is 15.4. The number of anilines is 2. The number of alkyl halides is 3. The molecule has 12 heteroatoms. The molecule has 0 amide bonds. The van der Waals surface area contributed by atoms with Crippen LogP contribution in [-0.4, -0.2) is 81.3 Å². The molecule has 2 aliphatic heterocycles. The maximum Gasteiger partial charge on any atom is 0.272 e. The lowest BCUT2D eigenvalue weighted by Crippen LogP contribution is -2.46. The van der Waals surface area contributed by atoms with Crippen molar-refractivity contribution in [3.63, 3.8) is 0 Å². The molecule has 0 bridgehead atoms. The fourth-order valence-corrected chi connectivity index (χ4v) is 5.58. The third-order valence-electron chi connectivity index (χ3n) is 7.43. The van der Waals surface area contributed by atoms with Crippen LogP contribution in [-0.2, 0) is 4.74 Å². The van der Waals surface area contributed by atoms with Gasteiger partial charge in [0.05, 0.1) is 24.0 Å². The highest BCUT2D eigenvalue weighted by atomic mass is 35.5. The van der Waals surface area contributed by atoms with E-state index in [4.69, 9.17) is 21.4 Å². The van der Waals surface area contributed by atoms with Gasteiger partial charge in [0.15, 0.2) is 5.15 Å². The van der Waals surface area contributed by atoms with Crippen molar-refractivity contribution in [1.29, 1.82) is 0 Å². The van der Waals surface area contributed by atoms with E-state index in [1.165, 1.54) is 6.20 Å². The van der Waals surface area contributed by atoms with Crippen LogP contribution in [0.2, 0.25) is 5.15 Å². The first-order valence-corrected chi connectivity index (χ1v) is 12.7. The molecule has 2 saturated heterocycles. The Morgan fingerprint density at radius 3 is 2.68 bits per heavy atom. The topological polar surface area (TPSA) is 88.3 Å². The fraction of sp³-hybridized carbons (Fsp3) is 0.560. The third kappa shape index (κ3) is 5.14. The number of fused-ring (bicyclic) bond motifs is 1. The van der Waals surface area contributed by atoms with E-state index < -0.39 is 18.1 Å². The van der Waals surface area contributed by atoms with Crippen LogP contribution in [0.25, 0.3) is 10.9 Å². The molecule has 8 nitrogen and oxygen atoms in total. The number of likely N-dealkylation sites (tertiary alicyclic amines) is 1. The van der Waals surface area contributed by atoms with Gasteiger partial charge in [0.2, 0.25) is 5.95 Å². The van der Waals surface area contributed by atoms with Crippen molar-refractivity contribution in [2.45, 2.75) is 56.3 Å². The number of benzene rings is 1. The second kappa shape index (κ2) is 10.4. The lowest BCUT2D eigenvalue weighted by Gasteiger charge is -2.38. The van der Waals surface area contributed by atoms with Gasteiger partial charge in [-0.3, -0.25) is 4.90 Å². The van der Waals surface area contributed by atoms with Crippen molar-refractivity contribution in [2.24, 2.45) is 0 Å². The van der Waals surface area contributed by atoms with E-state index in [0.717, 1.165) is 54.3 Å². The Morgan fingerprint density at radius 1 is 1.22 bits per heavy atom. The Hall–Kier alpha value is -2.47. The Kier molecular flexibility index (Phi) is 7.32. The molecular formula is C25H30ClF3N6O2. The number of piperidine rings is 1. The van der Waals surface area contributed by atoms with Gasteiger partial charge in [0.25, 0.3) is 5.92 Å². The van der Waals surface area contributed by atoms with Crippen molar-refractivity contribution >= 4 is 34.1 Å². The van der Waals surface area contributed by atoms with Gasteiger partial charge in [-0.05, 0) is 49.6 Å². The van der Waals surface area contributed by atoms with E-state index in [0.29, 0.717) is 30.4 Å². The first-order chi connectivity index (χ1) is 17.8. The van der Waals surface area contributed by atoms with Gasteiger partial charge in [-0.15, -0.1) is 0 Å². The zero-order valence-corrected chi connectivity index (χ0v) is 21.4. The summed E-state index contributed by atoms with van der Waals surface area (Å²) in [4.78, 5) is 11.1. The summed E-state index contributed by atoms with van der Waals surface area (Å²) in [5.74, 6) is -2.71. The van der Waals surface area contributed by atoms with Gasteiger partial charge < -0.3 is 15.2 Å². The Balaban J connectivity index is 0.00000137. The summed E-state index contributed by atoms with van der Waals surface area (Å²) in [7, 11) is 1.00. The summed E-state index contributed by atoms with van der Waals surface area (Å²) in [6.45, 7) is 4.68. The van der Waals surface area contributed by atoms with E-state index >= 15 is 4.39 Å². The average Bonchev–Trinajstić information content (AvgIpc) is 3.24. The number of nitrogens with zero attached hydrogens (tertiary/aromatic N) is 5. The maximum absolute atomic E-state index is 15.4. The van der Waals surface area contributed by atoms with Crippen LogP contribution in [0.4, 0.5) is 24.8 Å². The number of aryl methyl sites for hydroxylation is 1. The number of nitrogens with one attached hydrogen (secondary N) is 1. The molecule has 2 N–H and O–H groups in total. The quantitative estimate of drug-likeness (QED) is 0.489. The largest absolute Gasteiger partial charge is 0.400 e. The molecule has 3 aliphatic rings. The summed E-state index contributed by atoms with van der Waals surface area (Å²) in [5, 5.41) is 14.9. The number of halogens is 4. The average molecular weight is 539 g/mol. The predicted molar refractivity (Wildman–Crippen MR) is 135 cm³/mol. The standard InChI is InChI=1S/C24H26ClF3N6O.CH4O/c1-13-6-14-9-29-23(32-20-10-30-34(22(20)25)21-8-24(21,27)28)31-19(14)7-17(13)16-2-4-33(11-18(16)26)15-3-5-35-12-15;1-2/h6-7,9-10,15-16,18,21H,2-5,8,11-12H2,1H3,(H,29,31,32);2H,1H3. The molecule has 1 saturated carbocycles. The lowest BCUT2D eigenvalue weighted by molar-refractivity contribution is 0.0728. The highest BCUT2D eigenvalue weighted by Crippen LogP contribution is 2.53. The lowest BCUT2D eigenvalue weighted by atomic mass is 9.84. The molecule has 3 aromatic rings.